The minimum absolute atomic E-state index is 0.394. The van der Waals surface area contributed by atoms with Crippen LogP contribution in [0.4, 0.5) is 0 Å². The van der Waals surface area contributed by atoms with Gasteiger partial charge in [-0.25, -0.2) is 0 Å². The molecule has 0 aromatic carbocycles. The van der Waals surface area contributed by atoms with Crippen LogP contribution >= 0.6 is 0 Å². The van der Waals surface area contributed by atoms with Crippen LogP contribution < -0.4 is 5.32 Å². The number of carbonyl (C=O) groups is 1. The Bertz CT molecular complexity index is 144. The molecule has 2 rings (SSSR count). The molecule has 50 valence electrons. The van der Waals surface area contributed by atoms with Crippen LogP contribution in [-0.2, 0) is 4.79 Å². The highest BCUT2D eigenvalue weighted by molar-refractivity contribution is 5.84. The van der Waals surface area contributed by atoms with Gasteiger partial charge in [0, 0.05) is 18.9 Å². The molecule has 2 heteroatoms. The fourth-order valence-corrected chi connectivity index (χ4v) is 1.93. The Morgan fingerprint density at radius 1 is 1.44 bits per heavy atom. The van der Waals surface area contributed by atoms with Crippen molar-refractivity contribution in [3.63, 3.8) is 0 Å². The second-order valence-electron chi connectivity index (χ2n) is 3.03. The molecule has 2 atom stereocenters. The van der Waals surface area contributed by atoms with Crippen LogP contribution in [0.25, 0.3) is 0 Å². The Morgan fingerprint density at radius 2 is 2.33 bits per heavy atom. The van der Waals surface area contributed by atoms with Gasteiger partial charge in [-0.05, 0) is 18.9 Å². The topological polar surface area (TPSA) is 29.1 Å². The molecule has 1 aliphatic carbocycles. The van der Waals surface area contributed by atoms with E-state index in [1.165, 1.54) is 0 Å². The van der Waals surface area contributed by atoms with Gasteiger partial charge >= 0.3 is 0 Å². The Hall–Kier alpha value is -0.370. The van der Waals surface area contributed by atoms with Gasteiger partial charge < -0.3 is 5.32 Å². The van der Waals surface area contributed by atoms with Crippen molar-refractivity contribution in [1.29, 1.82) is 0 Å². The van der Waals surface area contributed by atoms with Crippen molar-refractivity contribution >= 4 is 5.78 Å². The lowest BCUT2D eigenvalue weighted by Crippen LogP contribution is -2.14. The molecule has 2 nitrogen and oxygen atoms in total. The summed E-state index contributed by atoms with van der Waals surface area (Å²) in [7, 11) is 0. The largest absolute Gasteiger partial charge is 0.316 e. The van der Waals surface area contributed by atoms with Crippen LogP contribution in [0.3, 0.4) is 0 Å². The van der Waals surface area contributed by atoms with Crippen molar-refractivity contribution in [1.82, 2.24) is 5.32 Å². The van der Waals surface area contributed by atoms with Crippen LogP contribution in [0.15, 0.2) is 0 Å². The van der Waals surface area contributed by atoms with Crippen LogP contribution in [0, 0.1) is 11.8 Å². The van der Waals surface area contributed by atoms with E-state index in [2.05, 4.69) is 5.32 Å². The summed E-state index contributed by atoms with van der Waals surface area (Å²) < 4.78 is 0. The molecule has 0 aromatic rings. The first-order valence-corrected chi connectivity index (χ1v) is 3.61. The standard InChI is InChI=1S/C7H11NO/c9-7-2-1-5-3-8-4-6(5)7/h5-6,8H,1-4H2. The predicted octanol–water partition coefficient (Wildman–Crippen LogP) is 0.185. The van der Waals surface area contributed by atoms with Crippen molar-refractivity contribution in [3.8, 4) is 0 Å². The summed E-state index contributed by atoms with van der Waals surface area (Å²) in [6, 6.07) is 0. The number of hydrogen-bond acceptors (Lipinski definition) is 2. The van der Waals surface area contributed by atoms with Crippen molar-refractivity contribution in [2.75, 3.05) is 13.1 Å². The summed E-state index contributed by atoms with van der Waals surface area (Å²) in [6.45, 7) is 2.03. The van der Waals surface area contributed by atoms with Gasteiger partial charge in [-0.15, -0.1) is 0 Å². The van der Waals surface area contributed by atoms with Crippen LogP contribution in [0.1, 0.15) is 12.8 Å². The summed E-state index contributed by atoms with van der Waals surface area (Å²) in [4.78, 5) is 11.0. The molecule has 1 saturated carbocycles. The Morgan fingerprint density at radius 3 is 3.11 bits per heavy atom. The second kappa shape index (κ2) is 1.81. The van der Waals surface area contributed by atoms with E-state index < -0.39 is 0 Å². The number of ketones is 1. The monoisotopic (exact) mass is 125 g/mol. The third kappa shape index (κ3) is 0.697. The molecule has 0 spiro atoms. The maximum absolute atomic E-state index is 11.0. The van der Waals surface area contributed by atoms with Crippen LogP contribution in [0.5, 0.6) is 0 Å². The van der Waals surface area contributed by atoms with Crippen LogP contribution in [-0.4, -0.2) is 18.9 Å². The van der Waals surface area contributed by atoms with E-state index in [0.717, 1.165) is 25.9 Å². The molecule has 0 bridgehead atoms. The Kier molecular flexibility index (Phi) is 1.09. The van der Waals surface area contributed by atoms with Crippen molar-refractivity contribution in [2.24, 2.45) is 11.8 Å². The van der Waals surface area contributed by atoms with E-state index in [4.69, 9.17) is 0 Å². The SMILES string of the molecule is O=C1CCC2CNCC12. The third-order valence-corrected chi connectivity index (χ3v) is 2.51. The molecule has 1 heterocycles. The molecule has 0 radical (unpaired) electrons. The second-order valence-corrected chi connectivity index (χ2v) is 3.03. The predicted molar refractivity (Wildman–Crippen MR) is 34.1 cm³/mol. The zero-order valence-corrected chi connectivity index (χ0v) is 5.39. The van der Waals surface area contributed by atoms with Gasteiger partial charge in [0.05, 0.1) is 0 Å². The average Bonchev–Trinajstić information content (AvgIpc) is 2.35. The first-order chi connectivity index (χ1) is 4.38. The molecule has 2 unspecified atom stereocenters. The minimum Gasteiger partial charge on any atom is -0.316 e. The lowest BCUT2D eigenvalue weighted by molar-refractivity contribution is -0.120. The maximum Gasteiger partial charge on any atom is 0.137 e. The molecule has 9 heavy (non-hydrogen) atoms. The zero-order valence-electron chi connectivity index (χ0n) is 5.39. The molecule has 2 fully saturated rings. The zero-order chi connectivity index (χ0) is 6.27. The normalized spacial score (nSPS) is 41.6. The van der Waals surface area contributed by atoms with E-state index in [1.807, 2.05) is 0 Å². The fraction of sp³-hybridized carbons (Fsp3) is 0.857. The fourth-order valence-electron chi connectivity index (χ4n) is 1.93. The van der Waals surface area contributed by atoms with Crippen molar-refractivity contribution < 1.29 is 4.79 Å². The van der Waals surface area contributed by atoms with E-state index >= 15 is 0 Å². The van der Waals surface area contributed by atoms with Gasteiger partial charge in [-0.3, -0.25) is 4.79 Å². The molecule has 0 amide bonds. The quantitative estimate of drug-likeness (QED) is 0.500. The van der Waals surface area contributed by atoms with E-state index in [-0.39, 0.29) is 0 Å². The summed E-state index contributed by atoms with van der Waals surface area (Å²) >= 11 is 0. The van der Waals surface area contributed by atoms with Gasteiger partial charge in [-0.1, -0.05) is 0 Å². The highest BCUT2D eigenvalue weighted by atomic mass is 16.1. The number of fused-ring (bicyclic) bond motifs is 1. The maximum atomic E-state index is 11.0. The molecule has 2 aliphatic rings. The van der Waals surface area contributed by atoms with Crippen molar-refractivity contribution in [3.05, 3.63) is 0 Å². The highest BCUT2D eigenvalue weighted by Gasteiger charge is 2.37. The first-order valence-electron chi connectivity index (χ1n) is 3.61. The van der Waals surface area contributed by atoms with Crippen molar-refractivity contribution in [2.45, 2.75) is 12.8 Å². The summed E-state index contributed by atoms with van der Waals surface area (Å²) in [6.07, 6.45) is 1.98. The minimum atomic E-state index is 0.394. The molecular formula is C7H11NO. The summed E-state index contributed by atoms with van der Waals surface area (Å²) in [5, 5.41) is 3.23. The number of Topliss-reactive ketones (excluding diaryl/α,β-unsaturated/α-hetero) is 1. The Labute approximate surface area is 54.6 Å². The average molecular weight is 125 g/mol. The third-order valence-electron chi connectivity index (χ3n) is 2.51. The lowest BCUT2D eigenvalue weighted by Gasteiger charge is -2.01. The highest BCUT2D eigenvalue weighted by Crippen LogP contribution is 2.30. The molecule has 1 saturated heterocycles. The Balaban J connectivity index is 2.15. The molecular weight excluding hydrogens is 114 g/mol. The summed E-state index contributed by atoms with van der Waals surface area (Å²) in [5.74, 6) is 1.58. The van der Waals surface area contributed by atoms with Gasteiger partial charge in [0.25, 0.3) is 0 Å². The van der Waals surface area contributed by atoms with Gasteiger partial charge in [-0.2, -0.15) is 0 Å². The lowest BCUT2D eigenvalue weighted by atomic mass is 10.0. The van der Waals surface area contributed by atoms with E-state index in [0.29, 0.717) is 17.6 Å². The van der Waals surface area contributed by atoms with Gasteiger partial charge in [0.2, 0.25) is 0 Å². The van der Waals surface area contributed by atoms with Gasteiger partial charge in [0.15, 0.2) is 0 Å². The first kappa shape index (κ1) is 5.42. The molecule has 1 N–H and O–H groups in total. The number of rotatable bonds is 0. The smallest absolute Gasteiger partial charge is 0.137 e. The number of hydrogen-bond donors (Lipinski definition) is 1. The number of carbonyl (C=O) groups excluding carboxylic acids is 1. The van der Waals surface area contributed by atoms with Gasteiger partial charge in [0.1, 0.15) is 5.78 Å². The molecule has 1 aliphatic heterocycles. The summed E-state index contributed by atoms with van der Waals surface area (Å²) in [5.41, 5.74) is 0. The number of nitrogens with one attached hydrogen (secondary N) is 1. The van der Waals surface area contributed by atoms with E-state index in [1.54, 1.807) is 0 Å². The van der Waals surface area contributed by atoms with E-state index in [9.17, 15) is 4.79 Å². The molecule has 0 aromatic heterocycles. The van der Waals surface area contributed by atoms with Crippen LogP contribution in [0.2, 0.25) is 0 Å².